The monoisotopic (exact) mass is 267 g/mol. The van der Waals surface area contributed by atoms with Crippen molar-refractivity contribution in [2.45, 2.75) is 39.8 Å². The van der Waals surface area contributed by atoms with E-state index in [-0.39, 0.29) is 0 Å². The van der Waals surface area contributed by atoms with Crippen LogP contribution in [0.5, 0.6) is 0 Å². The van der Waals surface area contributed by atoms with E-state index >= 15 is 0 Å². The van der Waals surface area contributed by atoms with Gasteiger partial charge in [-0.2, -0.15) is 0 Å². The van der Waals surface area contributed by atoms with Gasteiger partial charge in [0.15, 0.2) is 0 Å². The predicted octanol–water partition coefficient (Wildman–Crippen LogP) is 3.96. The quantitative estimate of drug-likeness (QED) is 0.525. The maximum atomic E-state index is 6.14. The number of benzene rings is 1. The number of hydrogen-bond acceptors (Lipinski definition) is 3. The second kappa shape index (κ2) is 7.56. The van der Waals surface area contributed by atoms with Crippen molar-refractivity contribution in [3.05, 3.63) is 30.3 Å². The number of anilines is 1. The summed E-state index contributed by atoms with van der Waals surface area (Å²) in [5, 5.41) is 0. The molecule has 0 N–H and O–H groups in total. The molecule has 4 heteroatoms. The maximum Gasteiger partial charge on any atom is 0.327 e. The van der Waals surface area contributed by atoms with Gasteiger partial charge >= 0.3 is 8.48 Å². The predicted molar refractivity (Wildman–Crippen MR) is 78.9 cm³/mol. The summed E-state index contributed by atoms with van der Waals surface area (Å²) in [6, 6.07) is 12.3. The number of para-hydroxylation sites is 1. The Hall–Kier alpha value is -0.843. The van der Waals surface area contributed by atoms with Crippen molar-refractivity contribution in [3.63, 3.8) is 0 Å². The van der Waals surface area contributed by atoms with Gasteiger partial charge in [0.25, 0.3) is 0 Å². The molecule has 18 heavy (non-hydrogen) atoms. The van der Waals surface area contributed by atoms with E-state index in [1.54, 1.807) is 0 Å². The van der Waals surface area contributed by atoms with Crippen LogP contribution in [0.15, 0.2) is 30.3 Å². The number of rotatable bonds is 8. The molecule has 0 spiro atoms. The Balaban J connectivity index is 3.08. The molecule has 0 heterocycles. The van der Waals surface area contributed by atoms with E-state index in [1.165, 1.54) is 0 Å². The van der Waals surface area contributed by atoms with E-state index in [9.17, 15) is 0 Å². The minimum Gasteiger partial charge on any atom is -0.398 e. The average molecular weight is 267 g/mol. The van der Waals surface area contributed by atoms with E-state index in [1.807, 2.05) is 25.1 Å². The Morgan fingerprint density at radius 2 is 1.56 bits per heavy atom. The third kappa shape index (κ3) is 3.34. The molecule has 3 nitrogen and oxygen atoms in total. The van der Waals surface area contributed by atoms with Crippen molar-refractivity contribution < 1.29 is 9.26 Å². The molecule has 0 bridgehead atoms. The highest BCUT2D eigenvalue weighted by Gasteiger charge is 2.40. The summed E-state index contributed by atoms with van der Waals surface area (Å²) in [5.74, 6) is 0. The van der Waals surface area contributed by atoms with Gasteiger partial charge in [0.1, 0.15) is 0 Å². The van der Waals surface area contributed by atoms with E-state index in [2.05, 4.69) is 37.6 Å². The van der Waals surface area contributed by atoms with Gasteiger partial charge in [-0.3, -0.25) is 9.57 Å². The van der Waals surface area contributed by atoms with Gasteiger partial charge in [-0.1, -0.05) is 32.0 Å². The first kappa shape index (κ1) is 15.2. The number of hydrogen-bond donors (Lipinski definition) is 0. The van der Waals surface area contributed by atoms with Gasteiger partial charge in [0, 0.05) is 6.61 Å². The van der Waals surface area contributed by atoms with Crippen LogP contribution in [0.25, 0.3) is 0 Å². The van der Waals surface area contributed by atoms with E-state index < -0.39 is 8.48 Å². The Labute approximate surface area is 112 Å². The minimum absolute atomic E-state index is 0.663. The molecule has 0 aliphatic carbocycles. The van der Waals surface area contributed by atoms with Crippen molar-refractivity contribution >= 4 is 14.2 Å². The summed E-state index contributed by atoms with van der Waals surface area (Å²) in [6.07, 6.45) is 0. The SMILES string of the molecule is CCON(c1ccccc1)[Si](CC)(CC)OCC. The second-order valence-electron chi connectivity index (χ2n) is 4.13. The Morgan fingerprint density at radius 1 is 0.944 bits per heavy atom. The van der Waals surface area contributed by atoms with E-state index in [0.29, 0.717) is 6.61 Å². The van der Waals surface area contributed by atoms with Crippen molar-refractivity contribution in [1.82, 2.24) is 0 Å². The smallest absolute Gasteiger partial charge is 0.327 e. The van der Waals surface area contributed by atoms with Crippen LogP contribution >= 0.6 is 0 Å². The zero-order valence-corrected chi connectivity index (χ0v) is 13.0. The standard InChI is InChI=1S/C14H25NO2Si/c1-5-16-15(14-12-10-9-11-13-14)18(7-3,8-4)17-6-2/h9-13H,5-8H2,1-4H3. The van der Waals surface area contributed by atoms with Crippen molar-refractivity contribution in [2.75, 3.05) is 17.9 Å². The third-order valence-electron chi connectivity index (χ3n) is 3.14. The summed E-state index contributed by atoms with van der Waals surface area (Å²) in [5.41, 5.74) is 1.10. The van der Waals surface area contributed by atoms with Crippen molar-refractivity contribution in [3.8, 4) is 0 Å². The normalized spacial score (nSPS) is 11.6. The Bertz CT molecular complexity index is 328. The van der Waals surface area contributed by atoms with E-state index in [4.69, 9.17) is 9.26 Å². The zero-order valence-electron chi connectivity index (χ0n) is 12.0. The van der Waals surface area contributed by atoms with Crippen LogP contribution in [-0.4, -0.2) is 21.7 Å². The van der Waals surface area contributed by atoms with Crippen molar-refractivity contribution in [2.24, 2.45) is 0 Å². The highest BCUT2D eigenvalue weighted by molar-refractivity contribution is 6.76. The summed E-state index contributed by atoms with van der Waals surface area (Å²) in [6.45, 7) is 9.87. The molecule has 0 saturated carbocycles. The lowest BCUT2D eigenvalue weighted by Crippen LogP contribution is -2.55. The first-order valence-electron chi connectivity index (χ1n) is 6.86. The molecular weight excluding hydrogens is 242 g/mol. The van der Waals surface area contributed by atoms with Gasteiger partial charge in [0.05, 0.1) is 12.3 Å². The summed E-state index contributed by atoms with van der Waals surface area (Å²) >= 11 is 0. The summed E-state index contributed by atoms with van der Waals surface area (Å²) < 4.78 is 8.20. The maximum absolute atomic E-state index is 6.14. The first-order valence-corrected chi connectivity index (χ1v) is 9.13. The largest absolute Gasteiger partial charge is 0.398 e. The average Bonchev–Trinajstić information content (AvgIpc) is 2.44. The van der Waals surface area contributed by atoms with Crippen LogP contribution in [0.1, 0.15) is 27.7 Å². The molecule has 0 fully saturated rings. The first-order chi connectivity index (χ1) is 8.74. The fourth-order valence-corrected chi connectivity index (χ4v) is 5.31. The van der Waals surface area contributed by atoms with Gasteiger partial charge in [0.2, 0.25) is 0 Å². The lowest BCUT2D eigenvalue weighted by molar-refractivity contribution is 0.135. The fraction of sp³-hybridized carbons (Fsp3) is 0.571. The molecule has 1 aromatic carbocycles. The van der Waals surface area contributed by atoms with Gasteiger partial charge in [-0.05, 0) is 38.1 Å². The third-order valence-corrected chi connectivity index (χ3v) is 7.30. The van der Waals surface area contributed by atoms with Crippen LogP contribution in [-0.2, 0) is 9.26 Å². The van der Waals surface area contributed by atoms with Crippen molar-refractivity contribution in [1.29, 1.82) is 0 Å². The molecular formula is C14H25NO2Si. The topological polar surface area (TPSA) is 21.7 Å². The molecule has 102 valence electrons. The summed E-state index contributed by atoms with van der Waals surface area (Å²) in [7, 11) is -2.02. The Morgan fingerprint density at radius 3 is 2.00 bits per heavy atom. The lowest BCUT2D eigenvalue weighted by Gasteiger charge is -2.40. The van der Waals surface area contributed by atoms with Gasteiger partial charge in [-0.25, -0.2) is 0 Å². The molecule has 0 aliphatic rings. The highest BCUT2D eigenvalue weighted by Crippen LogP contribution is 2.28. The zero-order chi connectivity index (χ0) is 13.4. The molecule has 0 unspecified atom stereocenters. The molecule has 1 rings (SSSR count). The van der Waals surface area contributed by atoms with Crippen LogP contribution in [0, 0.1) is 0 Å². The van der Waals surface area contributed by atoms with E-state index in [0.717, 1.165) is 24.4 Å². The second-order valence-corrected chi connectivity index (χ2v) is 8.14. The lowest BCUT2D eigenvalue weighted by atomic mass is 10.3. The van der Waals surface area contributed by atoms with Gasteiger partial charge in [-0.15, -0.1) is 0 Å². The van der Waals surface area contributed by atoms with Gasteiger partial charge < -0.3 is 4.43 Å². The van der Waals surface area contributed by atoms with Crippen LogP contribution < -0.4 is 4.73 Å². The molecule has 0 aromatic heterocycles. The Kier molecular flexibility index (Phi) is 6.39. The molecule has 0 amide bonds. The van der Waals surface area contributed by atoms with Crippen LogP contribution in [0.4, 0.5) is 5.69 Å². The summed E-state index contributed by atoms with van der Waals surface area (Å²) in [4.78, 5) is 5.90. The van der Waals surface area contributed by atoms with Crippen LogP contribution in [0.2, 0.25) is 12.1 Å². The van der Waals surface area contributed by atoms with Crippen LogP contribution in [0.3, 0.4) is 0 Å². The highest BCUT2D eigenvalue weighted by atomic mass is 28.4. The molecule has 0 radical (unpaired) electrons. The minimum atomic E-state index is -2.02. The fourth-order valence-electron chi connectivity index (χ4n) is 2.19. The molecule has 1 aromatic rings. The number of nitrogens with zero attached hydrogens (tertiary/aromatic N) is 1. The molecule has 0 aliphatic heterocycles. The molecule has 0 atom stereocenters. The molecule has 0 saturated heterocycles.